The second-order valence-corrected chi connectivity index (χ2v) is 4.57. The number of carbonyl (C=O) groups excluding carboxylic acids is 1. The zero-order valence-electron chi connectivity index (χ0n) is 11.8. The number of carbonyl (C=O) groups is 2. The average molecular weight is 270 g/mol. The lowest BCUT2D eigenvalue weighted by Crippen LogP contribution is -2.47. The molecule has 1 N–H and O–H groups in total. The molecule has 0 rings (SSSR count). The molecule has 0 saturated carbocycles. The molecular formula is C13H22N2O4. The molecule has 108 valence electrons. The SMILES string of the molecule is C#CCN(CC(=O)O)C(=O)N(CCOC)CC(C)C. The Bertz CT molecular complexity index is 336. The summed E-state index contributed by atoms with van der Waals surface area (Å²) >= 11 is 0. The normalized spacial score (nSPS) is 10.1. The van der Waals surface area contributed by atoms with Gasteiger partial charge < -0.3 is 19.6 Å². The summed E-state index contributed by atoms with van der Waals surface area (Å²) in [6, 6.07) is -0.369. The largest absolute Gasteiger partial charge is 0.480 e. The van der Waals surface area contributed by atoms with Gasteiger partial charge in [-0.3, -0.25) is 4.79 Å². The van der Waals surface area contributed by atoms with Crippen LogP contribution in [0.3, 0.4) is 0 Å². The number of carboxylic acid groups (broad SMARTS) is 1. The number of rotatable bonds is 8. The summed E-state index contributed by atoms with van der Waals surface area (Å²) in [6.07, 6.45) is 5.16. The van der Waals surface area contributed by atoms with Crippen LogP contribution in [0, 0.1) is 18.3 Å². The van der Waals surface area contributed by atoms with Crippen molar-refractivity contribution in [2.45, 2.75) is 13.8 Å². The van der Waals surface area contributed by atoms with Gasteiger partial charge in [-0.1, -0.05) is 19.8 Å². The number of amides is 2. The fourth-order valence-electron chi connectivity index (χ4n) is 1.57. The Kier molecular flexibility index (Phi) is 8.38. The van der Waals surface area contributed by atoms with Gasteiger partial charge >= 0.3 is 12.0 Å². The minimum absolute atomic E-state index is 0.0211. The van der Waals surface area contributed by atoms with Crippen LogP contribution in [0.5, 0.6) is 0 Å². The van der Waals surface area contributed by atoms with Crippen LogP contribution in [0.4, 0.5) is 4.79 Å². The van der Waals surface area contributed by atoms with Crippen molar-refractivity contribution in [3.8, 4) is 12.3 Å². The number of ether oxygens (including phenoxy) is 1. The van der Waals surface area contributed by atoms with Gasteiger partial charge in [0.1, 0.15) is 6.54 Å². The average Bonchev–Trinajstić information content (AvgIpc) is 2.32. The smallest absolute Gasteiger partial charge is 0.323 e. The fraction of sp³-hybridized carbons (Fsp3) is 0.692. The number of hydrogen-bond acceptors (Lipinski definition) is 3. The summed E-state index contributed by atoms with van der Waals surface area (Å²) in [5, 5.41) is 8.79. The van der Waals surface area contributed by atoms with Gasteiger partial charge in [-0.2, -0.15) is 0 Å². The molecule has 0 unspecified atom stereocenters. The molecule has 6 heteroatoms. The predicted molar refractivity (Wildman–Crippen MR) is 71.7 cm³/mol. The number of aliphatic carboxylic acids is 1. The van der Waals surface area contributed by atoms with Gasteiger partial charge in [-0.25, -0.2) is 4.79 Å². The van der Waals surface area contributed by atoms with Gasteiger partial charge in [-0.15, -0.1) is 6.42 Å². The molecule has 0 aromatic heterocycles. The van der Waals surface area contributed by atoms with Crippen molar-refractivity contribution < 1.29 is 19.4 Å². The van der Waals surface area contributed by atoms with E-state index in [1.54, 1.807) is 12.0 Å². The van der Waals surface area contributed by atoms with Gasteiger partial charge in [0.15, 0.2) is 0 Å². The van der Waals surface area contributed by atoms with E-state index in [0.717, 1.165) is 4.90 Å². The molecule has 6 nitrogen and oxygen atoms in total. The van der Waals surface area contributed by atoms with Gasteiger partial charge in [0.2, 0.25) is 0 Å². The first-order valence-corrected chi connectivity index (χ1v) is 6.10. The van der Waals surface area contributed by atoms with E-state index in [2.05, 4.69) is 5.92 Å². The molecule has 2 amide bonds. The monoisotopic (exact) mass is 270 g/mol. The Morgan fingerprint density at radius 1 is 1.37 bits per heavy atom. The van der Waals surface area contributed by atoms with E-state index in [0.29, 0.717) is 19.7 Å². The molecule has 0 heterocycles. The summed E-state index contributed by atoms with van der Waals surface area (Å²) in [5.41, 5.74) is 0. The zero-order valence-corrected chi connectivity index (χ0v) is 11.8. The Balaban J connectivity index is 4.78. The third-order valence-electron chi connectivity index (χ3n) is 2.30. The maximum atomic E-state index is 12.2. The van der Waals surface area contributed by atoms with E-state index in [9.17, 15) is 9.59 Å². The molecule has 0 aliphatic heterocycles. The second kappa shape index (κ2) is 9.22. The summed E-state index contributed by atoms with van der Waals surface area (Å²) in [5.74, 6) is 1.49. The summed E-state index contributed by atoms with van der Waals surface area (Å²) in [4.78, 5) is 25.7. The van der Waals surface area contributed by atoms with Crippen molar-refractivity contribution in [1.29, 1.82) is 0 Å². The van der Waals surface area contributed by atoms with Crippen LogP contribution in [-0.4, -0.2) is 66.8 Å². The first-order chi connectivity index (χ1) is 8.92. The molecule has 19 heavy (non-hydrogen) atoms. The molecule has 0 aromatic carbocycles. The number of methoxy groups -OCH3 is 1. The molecule has 0 aromatic rings. The first-order valence-electron chi connectivity index (χ1n) is 6.10. The van der Waals surface area contributed by atoms with Gasteiger partial charge in [-0.05, 0) is 5.92 Å². The van der Waals surface area contributed by atoms with E-state index in [-0.39, 0.29) is 18.5 Å². The molecule has 0 saturated heterocycles. The number of terminal acetylenes is 1. The standard InChI is InChI=1S/C13H22N2O4/c1-5-6-14(10-12(16)17)13(18)15(7-8-19-4)9-11(2)3/h1,11H,6-10H2,2-4H3,(H,16,17). The Hall–Kier alpha value is -1.74. The minimum Gasteiger partial charge on any atom is -0.480 e. The Morgan fingerprint density at radius 3 is 2.42 bits per heavy atom. The third kappa shape index (κ3) is 7.32. The van der Waals surface area contributed by atoms with Crippen molar-refractivity contribution in [2.75, 3.05) is 39.9 Å². The molecule has 0 bridgehead atoms. The highest BCUT2D eigenvalue weighted by Crippen LogP contribution is 2.04. The summed E-state index contributed by atoms with van der Waals surface area (Å²) in [7, 11) is 1.55. The topological polar surface area (TPSA) is 70.1 Å². The maximum absolute atomic E-state index is 12.2. The quantitative estimate of drug-likeness (QED) is 0.660. The maximum Gasteiger partial charge on any atom is 0.323 e. The van der Waals surface area contributed by atoms with Crippen LogP contribution in [0.15, 0.2) is 0 Å². The van der Waals surface area contributed by atoms with Crippen LogP contribution >= 0.6 is 0 Å². The van der Waals surface area contributed by atoms with E-state index >= 15 is 0 Å². The van der Waals surface area contributed by atoms with Crippen LogP contribution in [0.2, 0.25) is 0 Å². The van der Waals surface area contributed by atoms with Crippen LogP contribution in [0.25, 0.3) is 0 Å². The molecule has 0 aliphatic rings. The molecule has 0 atom stereocenters. The Labute approximate surface area is 114 Å². The first kappa shape index (κ1) is 17.3. The zero-order chi connectivity index (χ0) is 14.8. The number of urea groups is 1. The van der Waals surface area contributed by atoms with E-state index in [1.807, 2.05) is 13.8 Å². The van der Waals surface area contributed by atoms with Crippen molar-refractivity contribution in [3.63, 3.8) is 0 Å². The van der Waals surface area contributed by atoms with Crippen molar-refractivity contribution in [3.05, 3.63) is 0 Å². The molecule has 0 aliphatic carbocycles. The van der Waals surface area contributed by atoms with Crippen LogP contribution in [-0.2, 0) is 9.53 Å². The lowest BCUT2D eigenvalue weighted by atomic mass is 10.2. The van der Waals surface area contributed by atoms with Gasteiger partial charge in [0.05, 0.1) is 13.2 Å². The Morgan fingerprint density at radius 2 is 2.00 bits per heavy atom. The molecule has 0 fully saturated rings. The number of nitrogens with zero attached hydrogens (tertiary/aromatic N) is 2. The van der Waals surface area contributed by atoms with Crippen molar-refractivity contribution in [2.24, 2.45) is 5.92 Å². The lowest BCUT2D eigenvalue weighted by molar-refractivity contribution is -0.137. The van der Waals surface area contributed by atoms with E-state index < -0.39 is 12.5 Å². The van der Waals surface area contributed by atoms with Crippen molar-refractivity contribution in [1.82, 2.24) is 9.80 Å². The highest BCUT2D eigenvalue weighted by Gasteiger charge is 2.22. The summed E-state index contributed by atoms with van der Waals surface area (Å²) < 4.78 is 4.96. The predicted octanol–water partition coefficient (Wildman–Crippen LogP) is 0.731. The van der Waals surface area contributed by atoms with E-state index in [4.69, 9.17) is 16.3 Å². The third-order valence-corrected chi connectivity index (χ3v) is 2.30. The lowest BCUT2D eigenvalue weighted by Gasteiger charge is -2.29. The molecule has 0 spiro atoms. The molecular weight excluding hydrogens is 248 g/mol. The van der Waals surface area contributed by atoms with Crippen LogP contribution in [0.1, 0.15) is 13.8 Å². The van der Waals surface area contributed by atoms with Gasteiger partial charge in [0.25, 0.3) is 0 Å². The highest BCUT2D eigenvalue weighted by atomic mass is 16.5. The van der Waals surface area contributed by atoms with Crippen LogP contribution < -0.4 is 0 Å². The minimum atomic E-state index is -1.08. The van der Waals surface area contributed by atoms with Gasteiger partial charge in [0, 0.05) is 20.2 Å². The van der Waals surface area contributed by atoms with Crippen molar-refractivity contribution >= 4 is 12.0 Å². The van der Waals surface area contributed by atoms with E-state index in [1.165, 1.54) is 0 Å². The number of carboxylic acids is 1. The summed E-state index contributed by atoms with van der Waals surface area (Å²) in [6.45, 7) is 4.88. The highest BCUT2D eigenvalue weighted by molar-refractivity contribution is 5.80. The fourth-order valence-corrected chi connectivity index (χ4v) is 1.57. The molecule has 0 radical (unpaired) electrons. The number of hydrogen-bond donors (Lipinski definition) is 1. The second-order valence-electron chi connectivity index (χ2n) is 4.57.